The van der Waals surface area contributed by atoms with E-state index in [0.29, 0.717) is 13.2 Å². The first-order valence-corrected chi connectivity index (χ1v) is 7.36. The SMILES string of the molecule is CCc1cccc(OCCN2CCC[C@H](C(=O)O)C2)c1. The van der Waals surface area contributed by atoms with Crippen molar-refractivity contribution in [2.24, 2.45) is 5.92 Å². The zero-order chi connectivity index (χ0) is 14.4. The number of aliphatic carboxylic acids is 1. The van der Waals surface area contributed by atoms with Gasteiger partial charge in [-0.15, -0.1) is 0 Å². The van der Waals surface area contributed by atoms with Crippen molar-refractivity contribution >= 4 is 5.97 Å². The number of ether oxygens (including phenoxy) is 1. The molecule has 0 saturated carbocycles. The molecule has 2 rings (SSSR count). The Hall–Kier alpha value is -1.55. The quantitative estimate of drug-likeness (QED) is 0.867. The van der Waals surface area contributed by atoms with Gasteiger partial charge in [-0.1, -0.05) is 19.1 Å². The van der Waals surface area contributed by atoms with E-state index >= 15 is 0 Å². The molecule has 0 aromatic heterocycles. The van der Waals surface area contributed by atoms with Crippen LogP contribution in [0.25, 0.3) is 0 Å². The van der Waals surface area contributed by atoms with Crippen LogP contribution in [0.15, 0.2) is 24.3 Å². The molecule has 110 valence electrons. The van der Waals surface area contributed by atoms with Gasteiger partial charge in [-0.05, 0) is 43.5 Å². The largest absolute Gasteiger partial charge is 0.492 e. The summed E-state index contributed by atoms with van der Waals surface area (Å²) in [5, 5.41) is 9.06. The fourth-order valence-electron chi connectivity index (χ4n) is 2.61. The highest BCUT2D eigenvalue weighted by Gasteiger charge is 2.24. The minimum Gasteiger partial charge on any atom is -0.492 e. The summed E-state index contributed by atoms with van der Waals surface area (Å²) in [6.07, 6.45) is 2.76. The van der Waals surface area contributed by atoms with Crippen molar-refractivity contribution in [2.45, 2.75) is 26.2 Å². The number of nitrogens with zero attached hydrogens (tertiary/aromatic N) is 1. The summed E-state index contributed by atoms with van der Waals surface area (Å²) in [7, 11) is 0. The highest BCUT2D eigenvalue weighted by Crippen LogP contribution is 2.17. The summed E-state index contributed by atoms with van der Waals surface area (Å²) >= 11 is 0. The van der Waals surface area contributed by atoms with Gasteiger partial charge < -0.3 is 9.84 Å². The number of carboxylic acids is 1. The third-order valence-electron chi connectivity index (χ3n) is 3.84. The van der Waals surface area contributed by atoms with Crippen molar-refractivity contribution in [3.63, 3.8) is 0 Å². The van der Waals surface area contributed by atoms with Gasteiger partial charge in [-0.2, -0.15) is 0 Å². The second-order valence-corrected chi connectivity index (χ2v) is 5.33. The molecule has 1 aromatic carbocycles. The van der Waals surface area contributed by atoms with E-state index in [2.05, 4.69) is 24.0 Å². The van der Waals surface area contributed by atoms with Gasteiger partial charge in [0.1, 0.15) is 12.4 Å². The third-order valence-corrected chi connectivity index (χ3v) is 3.84. The lowest BCUT2D eigenvalue weighted by Crippen LogP contribution is -2.40. The Morgan fingerprint density at radius 3 is 3.10 bits per heavy atom. The Balaban J connectivity index is 1.76. The van der Waals surface area contributed by atoms with E-state index in [1.165, 1.54) is 5.56 Å². The first-order chi connectivity index (χ1) is 9.69. The van der Waals surface area contributed by atoms with Gasteiger partial charge in [0.25, 0.3) is 0 Å². The maximum atomic E-state index is 11.0. The second kappa shape index (κ2) is 7.29. The number of benzene rings is 1. The van der Waals surface area contributed by atoms with Crippen LogP contribution in [-0.4, -0.2) is 42.2 Å². The zero-order valence-corrected chi connectivity index (χ0v) is 12.0. The number of carboxylic acid groups (broad SMARTS) is 1. The summed E-state index contributed by atoms with van der Waals surface area (Å²) in [5.74, 6) is 0.00887. The van der Waals surface area contributed by atoms with Crippen molar-refractivity contribution in [3.05, 3.63) is 29.8 Å². The average molecular weight is 277 g/mol. The van der Waals surface area contributed by atoms with E-state index in [0.717, 1.165) is 38.1 Å². The maximum Gasteiger partial charge on any atom is 0.307 e. The minimum absolute atomic E-state index is 0.216. The van der Waals surface area contributed by atoms with Gasteiger partial charge in [-0.3, -0.25) is 9.69 Å². The van der Waals surface area contributed by atoms with Crippen molar-refractivity contribution in [2.75, 3.05) is 26.2 Å². The van der Waals surface area contributed by atoms with Gasteiger partial charge >= 0.3 is 5.97 Å². The lowest BCUT2D eigenvalue weighted by Gasteiger charge is -2.30. The standard InChI is InChI=1S/C16H23NO3/c1-2-13-5-3-7-15(11-13)20-10-9-17-8-4-6-14(12-17)16(18)19/h3,5,7,11,14H,2,4,6,8-10,12H2,1H3,(H,18,19)/t14-/m0/s1. The molecule has 20 heavy (non-hydrogen) atoms. The molecule has 1 aromatic rings. The van der Waals surface area contributed by atoms with E-state index in [-0.39, 0.29) is 5.92 Å². The predicted octanol–water partition coefficient (Wildman–Crippen LogP) is 2.42. The highest BCUT2D eigenvalue weighted by molar-refractivity contribution is 5.70. The molecular weight excluding hydrogens is 254 g/mol. The smallest absolute Gasteiger partial charge is 0.307 e. The van der Waals surface area contributed by atoms with E-state index in [4.69, 9.17) is 9.84 Å². The monoisotopic (exact) mass is 277 g/mol. The second-order valence-electron chi connectivity index (χ2n) is 5.33. The number of rotatable bonds is 6. The summed E-state index contributed by atoms with van der Waals surface area (Å²) in [6.45, 7) is 5.15. The third kappa shape index (κ3) is 4.23. The molecule has 1 aliphatic heterocycles. The first kappa shape index (κ1) is 14.9. The van der Waals surface area contributed by atoms with E-state index in [9.17, 15) is 4.79 Å². The normalized spacial score (nSPS) is 19.8. The van der Waals surface area contributed by atoms with E-state index < -0.39 is 5.97 Å². The van der Waals surface area contributed by atoms with Crippen LogP contribution in [0.3, 0.4) is 0 Å². The van der Waals surface area contributed by atoms with Gasteiger partial charge in [-0.25, -0.2) is 0 Å². The van der Waals surface area contributed by atoms with Crippen molar-refractivity contribution in [3.8, 4) is 5.75 Å². The highest BCUT2D eigenvalue weighted by atomic mass is 16.5. The molecule has 0 aliphatic carbocycles. The Labute approximate surface area is 120 Å². The van der Waals surface area contributed by atoms with Crippen molar-refractivity contribution in [1.29, 1.82) is 0 Å². The molecule has 0 bridgehead atoms. The molecule has 1 aliphatic rings. The summed E-state index contributed by atoms with van der Waals surface area (Å²) in [6, 6.07) is 8.14. The van der Waals surface area contributed by atoms with Crippen molar-refractivity contribution < 1.29 is 14.6 Å². The summed E-state index contributed by atoms with van der Waals surface area (Å²) < 4.78 is 5.76. The maximum absolute atomic E-state index is 11.0. The average Bonchev–Trinajstić information content (AvgIpc) is 2.48. The molecule has 0 unspecified atom stereocenters. The molecule has 4 heteroatoms. The molecule has 0 radical (unpaired) electrons. The van der Waals surface area contributed by atoms with Crippen LogP contribution in [0.4, 0.5) is 0 Å². The number of hydrogen-bond donors (Lipinski definition) is 1. The molecule has 1 saturated heterocycles. The van der Waals surface area contributed by atoms with E-state index in [1.54, 1.807) is 0 Å². The minimum atomic E-state index is -0.675. The Morgan fingerprint density at radius 1 is 1.50 bits per heavy atom. The number of aryl methyl sites for hydroxylation is 1. The number of carbonyl (C=O) groups is 1. The molecule has 1 heterocycles. The molecule has 4 nitrogen and oxygen atoms in total. The van der Waals surface area contributed by atoms with Crippen LogP contribution < -0.4 is 4.74 Å². The van der Waals surface area contributed by atoms with Gasteiger partial charge in [0.05, 0.1) is 5.92 Å². The van der Waals surface area contributed by atoms with Crippen LogP contribution in [0.5, 0.6) is 5.75 Å². The molecule has 1 atom stereocenters. The summed E-state index contributed by atoms with van der Waals surface area (Å²) in [5.41, 5.74) is 1.27. The topological polar surface area (TPSA) is 49.8 Å². The van der Waals surface area contributed by atoms with Gasteiger partial charge in [0, 0.05) is 13.1 Å². The Bertz CT molecular complexity index is 447. The molecule has 0 amide bonds. The van der Waals surface area contributed by atoms with Crippen LogP contribution in [0.1, 0.15) is 25.3 Å². The van der Waals surface area contributed by atoms with Crippen LogP contribution in [-0.2, 0) is 11.2 Å². The fourth-order valence-corrected chi connectivity index (χ4v) is 2.61. The fraction of sp³-hybridized carbons (Fsp3) is 0.562. The Morgan fingerprint density at radius 2 is 2.35 bits per heavy atom. The predicted molar refractivity (Wildman–Crippen MR) is 78.1 cm³/mol. The molecular formula is C16H23NO3. The zero-order valence-electron chi connectivity index (χ0n) is 12.0. The van der Waals surface area contributed by atoms with Gasteiger partial charge in [0.2, 0.25) is 0 Å². The van der Waals surface area contributed by atoms with Gasteiger partial charge in [0.15, 0.2) is 0 Å². The van der Waals surface area contributed by atoms with E-state index in [1.807, 2.05) is 12.1 Å². The van der Waals surface area contributed by atoms with Crippen molar-refractivity contribution in [1.82, 2.24) is 4.90 Å². The Kier molecular flexibility index (Phi) is 5.41. The lowest BCUT2D eigenvalue weighted by atomic mass is 9.98. The lowest BCUT2D eigenvalue weighted by molar-refractivity contribution is -0.143. The van der Waals surface area contributed by atoms with Crippen LogP contribution in [0.2, 0.25) is 0 Å². The number of hydrogen-bond acceptors (Lipinski definition) is 3. The van der Waals surface area contributed by atoms with Crippen LogP contribution in [0, 0.1) is 5.92 Å². The molecule has 0 spiro atoms. The number of likely N-dealkylation sites (tertiary alicyclic amines) is 1. The van der Waals surface area contributed by atoms with Crippen LogP contribution >= 0.6 is 0 Å². The molecule has 1 fully saturated rings. The summed E-state index contributed by atoms with van der Waals surface area (Å²) in [4.78, 5) is 13.2. The molecule has 1 N–H and O–H groups in total. The number of piperidine rings is 1. The first-order valence-electron chi connectivity index (χ1n) is 7.36.